The Bertz CT molecular complexity index is 942. The van der Waals surface area contributed by atoms with Crippen molar-refractivity contribution >= 4 is 23.4 Å². The summed E-state index contributed by atoms with van der Waals surface area (Å²) >= 11 is 0. The predicted molar refractivity (Wildman–Crippen MR) is 97.5 cm³/mol. The number of allylic oxidation sites excluding steroid dienone is 1. The second-order valence-electron chi connectivity index (χ2n) is 5.71. The summed E-state index contributed by atoms with van der Waals surface area (Å²) in [6.07, 6.45) is -2.50. The van der Waals surface area contributed by atoms with E-state index in [0.29, 0.717) is 6.07 Å². The summed E-state index contributed by atoms with van der Waals surface area (Å²) in [7, 11) is 1.22. The summed E-state index contributed by atoms with van der Waals surface area (Å²) in [5.41, 5.74) is -1.22. The van der Waals surface area contributed by atoms with Gasteiger partial charge >= 0.3 is 18.2 Å². The van der Waals surface area contributed by atoms with Crippen LogP contribution < -0.4 is 15.4 Å². The zero-order chi connectivity index (χ0) is 21.6. The summed E-state index contributed by atoms with van der Waals surface area (Å²) in [6, 6.07) is 5.45. The number of urea groups is 1. The molecule has 0 radical (unpaired) electrons. The number of carboxylic acid groups (broad SMARTS) is 1. The molecule has 0 aliphatic rings. The SMILES string of the molecule is COc1ccc(C(F)(F)F)cc1NC(=O)Nc1c(F)cccc1C/C=C/C(=O)O. The Labute approximate surface area is 162 Å². The van der Waals surface area contributed by atoms with E-state index in [2.05, 4.69) is 10.6 Å². The largest absolute Gasteiger partial charge is 0.495 e. The maximum atomic E-state index is 14.1. The van der Waals surface area contributed by atoms with Gasteiger partial charge in [-0.2, -0.15) is 13.2 Å². The molecule has 2 amide bonds. The minimum atomic E-state index is -4.63. The van der Waals surface area contributed by atoms with Gasteiger partial charge in [0.15, 0.2) is 0 Å². The summed E-state index contributed by atoms with van der Waals surface area (Å²) < 4.78 is 57.8. The summed E-state index contributed by atoms with van der Waals surface area (Å²) in [5, 5.41) is 13.1. The van der Waals surface area contributed by atoms with Crippen molar-refractivity contribution in [3.05, 3.63) is 65.5 Å². The topological polar surface area (TPSA) is 87.7 Å². The summed E-state index contributed by atoms with van der Waals surface area (Å²) in [4.78, 5) is 22.8. The zero-order valence-electron chi connectivity index (χ0n) is 15.0. The number of amides is 2. The quantitative estimate of drug-likeness (QED) is 0.475. The van der Waals surface area contributed by atoms with Crippen molar-refractivity contribution in [2.24, 2.45) is 0 Å². The molecular formula is C19H16F4N2O4. The van der Waals surface area contributed by atoms with Gasteiger partial charge in [0, 0.05) is 6.08 Å². The number of alkyl halides is 3. The molecule has 0 saturated heterocycles. The van der Waals surface area contributed by atoms with E-state index < -0.39 is 29.6 Å². The Kier molecular flexibility index (Phi) is 6.81. The molecule has 0 bridgehead atoms. The standard InChI is InChI=1S/C19H16F4N2O4/c1-29-15-9-8-12(19(21,22)23)10-14(15)24-18(28)25-17-11(4-2-6-13(17)20)5-3-7-16(26)27/h2-4,6-10H,5H2,1H3,(H,26,27)(H2,24,25,28)/b7-3+. The number of hydrogen-bond donors (Lipinski definition) is 3. The first-order valence-corrected chi connectivity index (χ1v) is 8.12. The van der Waals surface area contributed by atoms with Crippen molar-refractivity contribution in [2.45, 2.75) is 12.6 Å². The molecule has 0 atom stereocenters. The molecule has 10 heteroatoms. The van der Waals surface area contributed by atoms with Gasteiger partial charge in [0.05, 0.1) is 24.0 Å². The highest BCUT2D eigenvalue weighted by atomic mass is 19.4. The lowest BCUT2D eigenvalue weighted by Crippen LogP contribution is -2.22. The molecule has 0 aliphatic heterocycles. The molecule has 6 nitrogen and oxygen atoms in total. The third-order valence-electron chi connectivity index (χ3n) is 3.71. The predicted octanol–water partition coefficient (Wildman–Crippen LogP) is 4.68. The number of aliphatic carboxylic acids is 1. The van der Waals surface area contributed by atoms with Gasteiger partial charge in [-0.25, -0.2) is 14.0 Å². The first kappa shape index (κ1) is 21.7. The van der Waals surface area contributed by atoms with Crippen LogP contribution in [0, 0.1) is 5.82 Å². The zero-order valence-corrected chi connectivity index (χ0v) is 15.0. The fourth-order valence-corrected chi connectivity index (χ4v) is 2.41. The number of rotatable bonds is 6. The molecular weight excluding hydrogens is 396 g/mol. The highest BCUT2D eigenvalue weighted by Crippen LogP contribution is 2.35. The third kappa shape index (κ3) is 5.96. The van der Waals surface area contributed by atoms with Gasteiger partial charge in [-0.3, -0.25) is 0 Å². The molecule has 2 aromatic carbocycles. The van der Waals surface area contributed by atoms with E-state index in [1.807, 2.05) is 0 Å². The lowest BCUT2D eigenvalue weighted by molar-refractivity contribution is -0.137. The number of benzene rings is 2. The van der Waals surface area contributed by atoms with Gasteiger partial charge in [0.2, 0.25) is 0 Å². The molecule has 0 saturated carbocycles. The van der Waals surface area contributed by atoms with Crippen LogP contribution in [0.3, 0.4) is 0 Å². The molecule has 0 aromatic heterocycles. The average Bonchev–Trinajstić information content (AvgIpc) is 2.63. The van der Waals surface area contributed by atoms with Crippen LogP contribution in [0.15, 0.2) is 48.6 Å². The molecule has 154 valence electrons. The second kappa shape index (κ2) is 9.09. The maximum absolute atomic E-state index is 14.1. The first-order valence-electron chi connectivity index (χ1n) is 8.12. The van der Waals surface area contributed by atoms with Crippen LogP contribution in [0.2, 0.25) is 0 Å². The Hall–Kier alpha value is -3.56. The Morgan fingerprint density at radius 3 is 2.52 bits per heavy atom. The minimum Gasteiger partial charge on any atom is -0.495 e. The second-order valence-corrected chi connectivity index (χ2v) is 5.71. The summed E-state index contributed by atoms with van der Waals surface area (Å²) in [5.74, 6) is -2.01. The van der Waals surface area contributed by atoms with Gasteiger partial charge in [-0.15, -0.1) is 0 Å². The van der Waals surface area contributed by atoms with Gasteiger partial charge in [-0.1, -0.05) is 18.2 Å². The molecule has 0 spiro atoms. The molecule has 0 fully saturated rings. The van der Waals surface area contributed by atoms with E-state index >= 15 is 0 Å². The number of carbonyl (C=O) groups is 2. The number of nitrogens with one attached hydrogen (secondary N) is 2. The molecule has 0 unspecified atom stereocenters. The molecule has 0 heterocycles. The Morgan fingerprint density at radius 2 is 1.90 bits per heavy atom. The lowest BCUT2D eigenvalue weighted by Gasteiger charge is -2.15. The number of para-hydroxylation sites is 1. The number of carboxylic acids is 1. The van der Waals surface area contributed by atoms with E-state index in [0.717, 1.165) is 24.3 Å². The number of methoxy groups -OCH3 is 1. The highest BCUT2D eigenvalue weighted by molar-refractivity contribution is 6.01. The lowest BCUT2D eigenvalue weighted by atomic mass is 10.1. The monoisotopic (exact) mass is 412 g/mol. The van der Waals surface area contributed by atoms with Crippen molar-refractivity contribution < 1.29 is 37.0 Å². The van der Waals surface area contributed by atoms with Gasteiger partial charge in [-0.05, 0) is 36.2 Å². The van der Waals surface area contributed by atoms with Crippen LogP contribution in [0.5, 0.6) is 5.75 Å². The van der Waals surface area contributed by atoms with Crippen LogP contribution in [0.4, 0.5) is 33.7 Å². The normalized spacial score (nSPS) is 11.3. The van der Waals surface area contributed by atoms with E-state index in [9.17, 15) is 27.2 Å². The van der Waals surface area contributed by atoms with Crippen molar-refractivity contribution in [3.8, 4) is 5.75 Å². The Balaban J connectivity index is 2.25. The highest BCUT2D eigenvalue weighted by Gasteiger charge is 2.31. The molecule has 0 aliphatic carbocycles. The van der Waals surface area contributed by atoms with Crippen molar-refractivity contribution in [1.82, 2.24) is 0 Å². The van der Waals surface area contributed by atoms with Gasteiger partial charge in [0.25, 0.3) is 0 Å². The third-order valence-corrected chi connectivity index (χ3v) is 3.71. The Morgan fingerprint density at radius 1 is 1.17 bits per heavy atom. The van der Waals surface area contributed by atoms with Crippen LogP contribution in [-0.4, -0.2) is 24.2 Å². The smallest absolute Gasteiger partial charge is 0.416 e. The summed E-state index contributed by atoms with van der Waals surface area (Å²) in [6.45, 7) is 0. The molecule has 29 heavy (non-hydrogen) atoms. The molecule has 2 rings (SSSR count). The fourth-order valence-electron chi connectivity index (χ4n) is 2.41. The van der Waals surface area contributed by atoms with E-state index in [4.69, 9.17) is 9.84 Å². The van der Waals surface area contributed by atoms with Crippen molar-refractivity contribution in [3.63, 3.8) is 0 Å². The number of ether oxygens (including phenoxy) is 1. The number of halogens is 4. The van der Waals surface area contributed by atoms with Crippen LogP contribution in [0.1, 0.15) is 11.1 Å². The fraction of sp³-hybridized carbons (Fsp3) is 0.158. The number of carbonyl (C=O) groups excluding carboxylic acids is 1. The van der Waals surface area contributed by atoms with Crippen molar-refractivity contribution in [2.75, 3.05) is 17.7 Å². The number of anilines is 2. The van der Waals surface area contributed by atoms with Gasteiger partial charge in [0.1, 0.15) is 11.6 Å². The van der Waals surface area contributed by atoms with Crippen LogP contribution >= 0.6 is 0 Å². The minimum absolute atomic E-state index is 0.00650. The average molecular weight is 412 g/mol. The first-order chi connectivity index (χ1) is 13.6. The van der Waals surface area contributed by atoms with E-state index in [1.54, 1.807) is 0 Å². The van der Waals surface area contributed by atoms with Gasteiger partial charge < -0.3 is 20.5 Å². The van der Waals surface area contributed by atoms with Crippen LogP contribution in [0.25, 0.3) is 0 Å². The maximum Gasteiger partial charge on any atom is 0.416 e. The van der Waals surface area contributed by atoms with Crippen molar-refractivity contribution in [1.29, 1.82) is 0 Å². The molecule has 2 aromatic rings. The van der Waals surface area contributed by atoms with E-state index in [-0.39, 0.29) is 29.1 Å². The molecule has 3 N–H and O–H groups in total. The van der Waals surface area contributed by atoms with Crippen LogP contribution in [-0.2, 0) is 17.4 Å². The number of hydrogen-bond acceptors (Lipinski definition) is 3. The van der Waals surface area contributed by atoms with E-state index in [1.165, 1.54) is 25.3 Å².